The van der Waals surface area contributed by atoms with Gasteiger partial charge in [0.15, 0.2) is 0 Å². The number of alkyl halides is 1. The van der Waals surface area contributed by atoms with E-state index in [1.807, 2.05) is 0 Å². The van der Waals surface area contributed by atoms with Gasteiger partial charge in [0.2, 0.25) is 0 Å². The number of hydrogen-bond acceptors (Lipinski definition) is 1. The van der Waals surface area contributed by atoms with E-state index in [1.165, 1.54) is 32.1 Å². The second kappa shape index (κ2) is 4.41. The number of likely N-dealkylation sites (tertiary alicyclic amines) is 1. The van der Waals surface area contributed by atoms with Crippen LogP contribution in [0.5, 0.6) is 0 Å². The summed E-state index contributed by atoms with van der Waals surface area (Å²) in [4.78, 5) is 2.40. The fraction of sp³-hybridized carbons (Fsp3) is 1.00. The minimum absolute atomic E-state index is 0.546. The van der Waals surface area contributed by atoms with E-state index < -0.39 is 6.17 Å². The predicted molar refractivity (Wildman–Crippen MR) is 52.6 cm³/mol. The van der Waals surface area contributed by atoms with Gasteiger partial charge in [0.25, 0.3) is 0 Å². The Hall–Kier alpha value is -0.110. The second-order valence-corrected chi connectivity index (χ2v) is 4.53. The summed E-state index contributed by atoms with van der Waals surface area (Å²) in [7, 11) is 0. The number of halogens is 1. The Morgan fingerprint density at radius 3 is 2.38 bits per heavy atom. The first-order chi connectivity index (χ1) is 6.36. The summed E-state index contributed by atoms with van der Waals surface area (Å²) >= 11 is 0. The second-order valence-electron chi connectivity index (χ2n) is 4.53. The molecule has 1 nitrogen and oxygen atoms in total. The highest BCUT2D eigenvalue weighted by atomic mass is 19.1. The third-order valence-electron chi connectivity index (χ3n) is 3.49. The van der Waals surface area contributed by atoms with Crippen LogP contribution in [0.2, 0.25) is 0 Å². The first-order valence-corrected chi connectivity index (χ1v) is 5.74. The molecule has 0 N–H and O–H groups in total. The van der Waals surface area contributed by atoms with Crippen molar-refractivity contribution in [3.05, 3.63) is 0 Å². The molecule has 2 heteroatoms. The van der Waals surface area contributed by atoms with Gasteiger partial charge >= 0.3 is 0 Å². The molecule has 1 heterocycles. The molecule has 0 bridgehead atoms. The van der Waals surface area contributed by atoms with Crippen molar-refractivity contribution in [2.24, 2.45) is 0 Å². The number of hydrogen-bond donors (Lipinski definition) is 0. The Kier molecular flexibility index (Phi) is 3.20. The van der Waals surface area contributed by atoms with Crippen molar-refractivity contribution in [2.75, 3.05) is 13.1 Å². The van der Waals surface area contributed by atoms with Gasteiger partial charge in [-0.05, 0) is 32.2 Å². The first kappa shape index (κ1) is 9.45. The lowest BCUT2D eigenvalue weighted by molar-refractivity contribution is 0.0801. The van der Waals surface area contributed by atoms with Crippen molar-refractivity contribution in [1.29, 1.82) is 0 Å². The van der Waals surface area contributed by atoms with Crippen LogP contribution in [0, 0.1) is 0 Å². The van der Waals surface area contributed by atoms with Gasteiger partial charge in [-0.15, -0.1) is 0 Å². The normalized spacial score (nSPS) is 33.5. The standard InChI is InChI=1S/C11H20FN/c12-10-5-4-8-13(9-10)11-6-2-1-3-7-11/h10-11H,1-9H2. The van der Waals surface area contributed by atoms with E-state index in [9.17, 15) is 4.39 Å². The minimum Gasteiger partial charge on any atom is -0.298 e. The van der Waals surface area contributed by atoms with Gasteiger partial charge in [-0.25, -0.2) is 4.39 Å². The van der Waals surface area contributed by atoms with E-state index in [2.05, 4.69) is 4.90 Å². The molecule has 0 aromatic carbocycles. The van der Waals surface area contributed by atoms with E-state index in [-0.39, 0.29) is 0 Å². The third kappa shape index (κ3) is 2.43. The van der Waals surface area contributed by atoms with Crippen molar-refractivity contribution in [2.45, 2.75) is 57.2 Å². The molecule has 2 rings (SSSR count). The smallest absolute Gasteiger partial charge is 0.113 e. The maximum Gasteiger partial charge on any atom is 0.113 e. The van der Waals surface area contributed by atoms with Crippen LogP contribution in [0.1, 0.15) is 44.9 Å². The molecule has 0 amide bonds. The van der Waals surface area contributed by atoms with Crippen molar-refractivity contribution >= 4 is 0 Å². The highest BCUT2D eigenvalue weighted by molar-refractivity contribution is 4.81. The first-order valence-electron chi connectivity index (χ1n) is 5.74. The lowest BCUT2D eigenvalue weighted by atomic mass is 9.92. The average Bonchev–Trinajstić information content (AvgIpc) is 2.19. The highest BCUT2D eigenvalue weighted by Gasteiger charge is 2.26. The molecule has 1 atom stereocenters. The van der Waals surface area contributed by atoms with E-state index in [0.717, 1.165) is 19.4 Å². The van der Waals surface area contributed by atoms with Crippen LogP contribution in [0.25, 0.3) is 0 Å². The maximum absolute atomic E-state index is 13.1. The number of rotatable bonds is 1. The monoisotopic (exact) mass is 185 g/mol. The van der Waals surface area contributed by atoms with Gasteiger partial charge in [-0.3, -0.25) is 4.90 Å². The van der Waals surface area contributed by atoms with Crippen LogP contribution in [-0.2, 0) is 0 Å². The topological polar surface area (TPSA) is 3.24 Å². The van der Waals surface area contributed by atoms with E-state index in [0.29, 0.717) is 12.6 Å². The molecule has 1 aliphatic heterocycles. The van der Waals surface area contributed by atoms with Crippen molar-refractivity contribution in [3.63, 3.8) is 0 Å². The predicted octanol–water partition coefficient (Wildman–Crippen LogP) is 2.75. The summed E-state index contributed by atoms with van der Waals surface area (Å²) in [5.41, 5.74) is 0. The average molecular weight is 185 g/mol. The van der Waals surface area contributed by atoms with Gasteiger partial charge in [-0.1, -0.05) is 19.3 Å². The molecular weight excluding hydrogens is 165 g/mol. The van der Waals surface area contributed by atoms with Crippen LogP contribution in [0.3, 0.4) is 0 Å². The van der Waals surface area contributed by atoms with Crippen LogP contribution >= 0.6 is 0 Å². The lowest BCUT2D eigenvalue weighted by Gasteiger charge is -2.37. The summed E-state index contributed by atoms with van der Waals surface area (Å²) in [5.74, 6) is 0. The number of piperidine rings is 1. The van der Waals surface area contributed by atoms with Gasteiger partial charge in [0.05, 0.1) is 0 Å². The van der Waals surface area contributed by atoms with E-state index in [1.54, 1.807) is 0 Å². The van der Waals surface area contributed by atoms with Gasteiger partial charge < -0.3 is 0 Å². The zero-order valence-corrected chi connectivity index (χ0v) is 8.34. The molecule has 1 aliphatic carbocycles. The van der Waals surface area contributed by atoms with Crippen molar-refractivity contribution in [3.8, 4) is 0 Å². The zero-order chi connectivity index (χ0) is 9.10. The molecule has 76 valence electrons. The van der Waals surface area contributed by atoms with Crippen LogP contribution in [-0.4, -0.2) is 30.2 Å². The quantitative estimate of drug-likeness (QED) is 0.607. The summed E-state index contributed by atoms with van der Waals surface area (Å²) in [6.07, 6.45) is 8.05. The van der Waals surface area contributed by atoms with Crippen molar-refractivity contribution in [1.82, 2.24) is 4.90 Å². The molecule has 0 aromatic heterocycles. The molecule has 1 saturated heterocycles. The highest BCUT2D eigenvalue weighted by Crippen LogP contribution is 2.25. The summed E-state index contributed by atoms with van der Waals surface area (Å²) < 4.78 is 13.1. The van der Waals surface area contributed by atoms with Crippen LogP contribution in [0.4, 0.5) is 4.39 Å². The number of nitrogens with zero attached hydrogens (tertiary/aromatic N) is 1. The largest absolute Gasteiger partial charge is 0.298 e. The Morgan fingerprint density at radius 2 is 1.69 bits per heavy atom. The summed E-state index contributed by atoms with van der Waals surface area (Å²) in [6, 6.07) is 0.715. The van der Waals surface area contributed by atoms with Gasteiger partial charge in [0.1, 0.15) is 6.17 Å². The lowest BCUT2D eigenvalue weighted by Crippen LogP contribution is -2.44. The molecule has 1 unspecified atom stereocenters. The third-order valence-corrected chi connectivity index (χ3v) is 3.49. The summed E-state index contributed by atoms with van der Waals surface area (Å²) in [5, 5.41) is 0. The van der Waals surface area contributed by atoms with Gasteiger partial charge in [0, 0.05) is 12.6 Å². The molecule has 0 aromatic rings. The molecule has 1 saturated carbocycles. The van der Waals surface area contributed by atoms with E-state index >= 15 is 0 Å². The Bertz CT molecular complexity index is 154. The Labute approximate surface area is 80.3 Å². The molecule has 2 fully saturated rings. The van der Waals surface area contributed by atoms with Crippen molar-refractivity contribution < 1.29 is 4.39 Å². The summed E-state index contributed by atoms with van der Waals surface area (Å²) in [6.45, 7) is 1.86. The molecule has 0 radical (unpaired) electrons. The SMILES string of the molecule is FC1CCCN(C2CCCCC2)C1. The zero-order valence-electron chi connectivity index (χ0n) is 8.34. The van der Waals surface area contributed by atoms with Crippen LogP contribution < -0.4 is 0 Å². The molecule has 0 spiro atoms. The van der Waals surface area contributed by atoms with Crippen LogP contribution in [0.15, 0.2) is 0 Å². The maximum atomic E-state index is 13.1. The molecular formula is C11H20FN. The Balaban J connectivity index is 1.83. The fourth-order valence-electron chi connectivity index (χ4n) is 2.73. The Morgan fingerprint density at radius 1 is 0.923 bits per heavy atom. The fourth-order valence-corrected chi connectivity index (χ4v) is 2.73. The molecule has 2 aliphatic rings. The molecule has 13 heavy (non-hydrogen) atoms. The van der Waals surface area contributed by atoms with Gasteiger partial charge in [-0.2, -0.15) is 0 Å². The minimum atomic E-state index is -0.546. The van der Waals surface area contributed by atoms with E-state index in [4.69, 9.17) is 0 Å².